The lowest BCUT2D eigenvalue weighted by Gasteiger charge is -2.12. The van der Waals surface area contributed by atoms with Crippen molar-refractivity contribution in [2.75, 3.05) is 20.8 Å². The highest BCUT2D eigenvalue weighted by Crippen LogP contribution is 2.31. The van der Waals surface area contributed by atoms with Gasteiger partial charge in [-0.2, -0.15) is 0 Å². The van der Waals surface area contributed by atoms with Crippen molar-refractivity contribution >= 4 is 5.57 Å². The number of nitrogens with zero attached hydrogens (tertiary/aromatic N) is 1. The van der Waals surface area contributed by atoms with E-state index in [1.807, 2.05) is 0 Å². The van der Waals surface area contributed by atoms with Crippen molar-refractivity contribution < 1.29 is 9.47 Å². The third kappa shape index (κ3) is 1.85. The predicted molar refractivity (Wildman–Crippen MR) is 55.4 cm³/mol. The Morgan fingerprint density at radius 1 is 1.36 bits per heavy atom. The minimum atomic E-state index is 0.358. The van der Waals surface area contributed by atoms with Gasteiger partial charge in [-0.15, -0.1) is 0 Å². The lowest BCUT2D eigenvalue weighted by Crippen LogP contribution is -2.05. The monoisotopic (exact) mass is 194 g/mol. The van der Waals surface area contributed by atoms with Gasteiger partial charge in [0, 0.05) is 6.54 Å². The quantitative estimate of drug-likeness (QED) is 0.779. The zero-order valence-electron chi connectivity index (χ0n) is 8.41. The van der Waals surface area contributed by atoms with Gasteiger partial charge in [0.25, 0.3) is 0 Å². The number of hydrogen-bond acceptors (Lipinski definition) is 4. The Hall–Kier alpha value is -1.55. The van der Waals surface area contributed by atoms with Crippen LogP contribution in [0.4, 0.5) is 0 Å². The van der Waals surface area contributed by atoms with Crippen LogP contribution in [-0.2, 0) is 0 Å². The summed E-state index contributed by atoms with van der Waals surface area (Å²) >= 11 is 0. The Bertz CT molecular complexity index is 315. The molecule has 0 radical (unpaired) electrons. The highest BCUT2D eigenvalue weighted by atomic mass is 16.5. The maximum absolute atomic E-state index is 5.52. The van der Waals surface area contributed by atoms with Crippen LogP contribution in [0, 0.1) is 0 Å². The average Bonchev–Trinajstić information content (AvgIpc) is 2.26. The molecule has 1 heterocycles. The summed E-state index contributed by atoms with van der Waals surface area (Å²) < 4.78 is 10.3. The molecule has 0 spiro atoms. The van der Waals surface area contributed by atoms with Crippen LogP contribution in [-0.4, -0.2) is 25.7 Å². The van der Waals surface area contributed by atoms with Crippen molar-refractivity contribution in [1.82, 2.24) is 4.98 Å². The van der Waals surface area contributed by atoms with E-state index in [2.05, 4.69) is 11.6 Å². The largest absolute Gasteiger partial charge is 0.494 e. The number of ether oxygens (including phenoxy) is 2. The smallest absolute Gasteiger partial charge is 0.148 e. The molecule has 1 aromatic heterocycles. The third-order valence-electron chi connectivity index (χ3n) is 1.92. The molecule has 1 rings (SSSR count). The molecular formula is C10H14N2O2. The fourth-order valence-electron chi connectivity index (χ4n) is 1.18. The van der Waals surface area contributed by atoms with Crippen LogP contribution >= 0.6 is 0 Å². The van der Waals surface area contributed by atoms with Gasteiger partial charge in [0.05, 0.1) is 32.2 Å². The van der Waals surface area contributed by atoms with Gasteiger partial charge in [-0.1, -0.05) is 6.58 Å². The zero-order chi connectivity index (χ0) is 10.6. The molecule has 0 aliphatic rings. The van der Waals surface area contributed by atoms with Crippen LogP contribution in [0.25, 0.3) is 5.57 Å². The predicted octanol–water partition coefficient (Wildman–Crippen LogP) is 1.07. The third-order valence-corrected chi connectivity index (χ3v) is 1.92. The fraction of sp³-hybridized carbons (Fsp3) is 0.300. The van der Waals surface area contributed by atoms with E-state index in [0.29, 0.717) is 18.0 Å². The Kier molecular flexibility index (Phi) is 3.48. The molecule has 4 heteroatoms. The second-order valence-electron chi connectivity index (χ2n) is 2.73. The lowest BCUT2D eigenvalue weighted by atomic mass is 10.1. The molecular weight excluding hydrogens is 180 g/mol. The van der Waals surface area contributed by atoms with Gasteiger partial charge < -0.3 is 15.2 Å². The first-order valence-electron chi connectivity index (χ1n) is 4.18. The number of hydrogen-bond donors (Lipinski definition) is 1. The van der Waals surface area contributed by atoms with Gasteiger partial charge in [-0.3, -0.25) is 4.98 Å². The molecule has 0 bridgehead atoms. The molecule has 0 aromatic carbocycles. The van der Waals surface area contributed by atoms with Gasteiger partial charge >= 0.3 is 0 Å². The second kappa shape index (κ2) is 4.62. The second-order valence-corrected chi connectivity index (χ2v) is 2.73. The van der Waals surface area contributed by atoms with E-state index in [9.17, 15) is 0 Å². The summed E-state index contributed by atoms with van der Waals surface area (Å²) in [5.74, 6) is 1.25. The van der Waals surface area contributed by atoms with Gasteiger partial charge in [0.2, 0.25) is 0 Å². The summed E-state index contributed by atoms with van der Waals surface area (Å²) in [6.07, 6.45) is 3.22. The minimum absolute atomic E-state index is 0.358. The average molecular weight is 194 g/mol. The molecule has 76 valence electrons. The van der Waals surface area contributed by atoms with Crippen molar-refractivity contribution in [3.8, 4) is 11.5 Å². The normalized spacial score (nSPS) is 9.64. The first-order chi connectivity index (χ1) is 6.74. The SMILES string of the molecule is C=C(CN)c1c(OC)cncc1OC. The number of nitrogens with two attached hydrogens (primary N) is 1. The van der Waals surface area contributed by atoms with Crippen LogP contribution in [0.15, 0.2) is 19.0 Å². The Balaban J connectivity index is 3.25. The van der Waals surface area contributed by atoms with Crippen molar-refractivity contribution in [2.24, 2.45) is 5.73 Å². The first-order valence-corrected chi connectivity index (χ1v) is 4.18. The number of aromatic nitrogens is 1. The number of methoxy groups -OCH3 is 2. The Labute approximate surface area is 83.4 Å². The van der Waals surface area contributed by atoms with Crippen LogP contribution in [0.3, 0.4) is 0 Å². The summed E-state index contributed by atoms with van der Waals surface area (Å²) in [7, 11) is 3.15. The van der Waals surface area contributed by atoms with Crippen molar-refractivity contribution in [3.05, 3.63) is 24.5 Å². The molecule has 0 amide bonds. The van der Waals surface area contributed by atoms with E-state index in [4.69, 9.17) is 15.2 Å². The Morgan fingerprint density at radius 2 is 1.86 bits per heavy atom. The van der Waals surface area contributed by atoms with E-state index in [0.717, 1.165) is 11.1 Å². The highest BCUT2D eigenvalue weighted by molar-refractivity contribution is 5.74. The van der Waals surface area contributed by atoms with Gasteiger partial charge in [0.1, 0.15) is 11.5 Å². The van der Waals surface area contributed by atoms with Gasteiger partial charge in [-0.05, 0) is 5.57 Å². The standard InChI is InChI=1S/C10H14N2O2/c1-7(4-11)10-8(13-2)5-12-6-9(10)14-3/h5-6H,1,4,11H2,2-3H3. The van der Waals surface area contributed by atoms with Crippen LogP contribution in [0.2, 0.25) is 0 Å². The topological polar surface area (TPSA) is 57.4 Å². The van der Waals surface area contributed by atoms with Crippen LogP contribution in [0.1, 0.15) is 5.56 Å². The fourth-order valence-corrected chi connectivity index (χ4v) is 1.18. The summed E-state index contributed by atoms with van der Waals surface area (Å²) in [4.78, 5) is 3.97. The summed E-state index contributed by atoms with van der Waals surface area (Å²) in [6, 6.07) is 0. The minimum Gasteiger partial charge on any atom is -0.494 e. The van der Waals surface area contributed by atoms with E-state index >= 15 is 0 Å². The molecule has 1 aromatic rings. The lowest BCUT2D eigenvalue weighted by molar-refractivity contribution is 0.388. The molecule has 0 aliphatic heterocycles. The maximum Gasteiger partial charge on any atom is 0.148 e. The molecule has 14 heavy (non-hydrogen) atoms. The molecule has 0 unspecified atom stereocenters. The first kappa shape index (κ1) is 10.5. The number of pyridine rings is 1. The van der Waals surface area contributed by atoms with E-state index in [-0.39, 0.29) is 0 Å². The summed E-state index contributed by atoms with van der Waals surface area (Å²) in [5.41, 5.74) is 7.07. The van der Waals surface area contributed by atoms with E-state index in [1.165, 1.54) is 0 Å². The maximum atomic E-state index is 5.52. The van der Waals surface area contributed by atoms with E-state index in [1.54, 1.807) is 26.6 Å². The molecule has 2 N–H and O–H groups in total. The summed E-state index contributed by atoms with van der Waals surface area (Å²) in [5, 5.41) is 0. The van der Waals surface area contributed by atoms with Crippen molar-refractivity contribution in [2.45, 2.75) is 0 Å². The molecule has 4 nitrogen and oxygen atoms in total. The van der Waals surface area contributed by atoms with E-state index < -0.39 is 0 Å². The molecule has 0 fully saturated rings. The van der Waals surface area contributed by atoms with Gasteiger partial charge in [-0.25, -0.2) is 0 Å². The number of rotatable bonds is 4. The van der Waals surface area contributed by atoms with Gasteiger partial charge in [0.15, 0.2) is 0 Å². The zero-order valence-corrected chi connectivity index (χ0v) is 8.41. The molecule has 0 atom stereocenters. The van der Waals surface area contributed by atoms with Crippen LogP contribution < -0.4 is 15.2 Å². The molecule has 0 saturated carbocycles. The molecule has 0 aliphatic carbocycles. The van der Waals surface area contributed by atoms with Crippen LogP contribution in [0.5, 0.6) is 11.5 Å². The summed E-state index contributed by atoms with van der Waals surface area (Å²) in [6.45, 7) is 4.21. The van der Waals surface area contributed by atoms with Crippen molar-refractivity contribution in [1.29, 1.82) is 0 Å². The highest BCUT2D eigenvalue weighted by Gasteiger charge is 2.12. The van der Waals surface area contributed by atoms with Crippen molar-refractivity contribution in [3.63, 3.8) is 0 Å². The molecule has 0 saturated heterocycles. The Morgan fingerprint density at radius 3 is 2.21 bits per heavy atom.